The van der Waals surface area contributed by atoms with Gasteiger partial charge in [0.05, 0.1) is 18.3 Å². The molecule has 0 spiro atoms. The second-order valence-corrected chi connectivity index (χ2v) is 8.37. The largest absolute Gasteiger partial charge is 0.500 e. The second-order valence-electron chi connectivity index (χ2n) is 7.52. The first kappa shape index (κ1) is 20.3. The molecule has 144 valence electrons. The van der Waals surface area contributed by atoms with Crippen LogP contribution in [0.25, 0.3) is 0 Å². The molecule has 0 aromatic heterocycles. The number of ether oxygens (including phenoxy) is 2. The van der Waals surface area contributed by atoms with Crippen LogP contribution < -0.4 is 14.9 Å². The first-order valence-corrected chi connectivity index (χ1v) is 9.49. The average molecular weight is 409 g/mol. The van der Waals surface area contributed by atoms with E-state index in [-0.39, 0.29) is 0 Å². The normalized spacial score (nSPS) is 17.8. The van der Waals surface area contributed by atoms with Gasteiger partial charge in [-0.1, -0.05) is 35.3 Å². The number of rotatable bonds is 5. The molecule has 0 atom stereocenters. The molecule has 0 unspecified atom stereocenters. The second kappa shape index (κ2) is 7.55. The molecule has 0 N–H and O–H groups in total. The fourth-order valence-electron chi connectivity index (χ4n) is 2.75. The van der Waals surface area contributed by atoms with Crippen LogP contribution in [0.2, 0.25) is 10.0 Å². The van der Waals surface area contributed by atoms with Gasteiger partial charge in [-0.15, -0.1) is 0 Å². The molecule has 3 rings (SSSR count). The highest BCUT2D eigenvalue weighted by Crippen LogP contribution is 2.38. The lowest BCUT2D eigenvalue weighted by molar-refractivity contribution is 0.00578. The van der Waals surface area contributed by atoms with Gasteiger partial charge in [0.15, 0.2) is 0 Å². The Morgan fingerprint density at radius 2 is 1.56 bits per heavy atom. The van der Waals surface area contributed by atoms with Gasteiger partial charge in [0.25, 0.3) is 0 Å². The number of benzene rings is 2. The van der Waals surface area contributed by atoms with Gasteiger partial charge in [-0.25, -0.2) is 0 Å². The summed E-state index contributed by atoms with van der Waals surface area (Å²) in [7, 11) is 1.00. The minimum Gasteiger partial charge on any atom is -0.497 e. The third-order valence-corrected chi connectivity index (χ3v) is 5.63. The van der Waals surface area contributed by atoms with Gasteiger partial charge in [0.1, 0.15) is 18.1 Å². The Morgan fingerprint density at radius 1 is 0.963 bits per heavy atom. The van der Waals surface area contributed by atoms with Crippen LogP contribution in [-0.4, -0.2) is 25.4 Å². The Balaban J connectivity index is 1.87. The molecule has 1 aliphatic heterocycles. The summed E-state index contributed by atoms with van der Waals surface area (Å²) >= 11 is 12.7. The van der Waals surface area contributed by atoms with Crippen molar-refractivity contribution in [1.82, 2.24) is 0 Å². The van der Waals surface area contributed by atoms with Crippen LogP contribution in [0.1, 0.15) is 33.3 Å². The number of halogens is 2. The maximum atomic E-state index is 6.48. The van der Waals surface area contributed by atoms with Crippen molar-refractivity contribution in [3.05, 3.63) is 52.0 Å². The van der Waals surface area contributed by atoms with E-state index in [0.717, 1.165) is 11.3 Å². The van der Waals surface area contributed by atoms with Gasteiger partial charge in [0.2, 0.25) is 0 Å². The molecule has 0 amide bonds. The zero-order valence-corrected chi connectivity index (χ0v) is 17.6. The van der Waals surface area contributed by atoms with Crippen LogP contribution >= 0.6 is 23.2 Å². The summed E-state index contributed by atoms with van der Waals surface area (Å²) in [5.41, 5.74) is 0.682. The minimum absolute atomic E-state index is 0.354. The molecule has 0 aliphatic carbocycles. The molecule has 0 radical (unpaired) electrons. The van der Waals surface area contributed by atoms with E-state index in [4.69, 9.17) is 42.0 Å². The summed E-state index contributed by atoms with van der Waals surface area (Å²) in [4.78, 5) is 0. The SMILES string of the molecule is COc1ccc(COc2cc(Cl)cc(Cl)c2B2OC(C)(C)C(C)(C)O2)cc1. The lowest BCUT2D eigenvalue weighted by atomic mass is 9.78. The molecule has 2 aromatic rings. The maximum absolute atomic E-state index is 6.48. The predicted molar refractivity (Wildman–Crippen MR) is 110 cm³/mol. The maximum Gasteiger partial charge on any atom is 0.500 e. The van der Waals surface area contributed by atoms with Crippen molar-refractivity contribution >= 4 is 35.8 Å². The molecule has 7 heteroatoms. The molecule has 1 saturated heterocycles. The quantitative estimate of drug-likeness (QED) is 0.660. The van der Waals surface area contributed by atoms with Crippen LogP contribution in [0.3, 0.4) is 0 Å². The summed E-state index contributed by atoms with van der Waals surface area (Å²) in [5, 5.41) is 0.940. The molecule has 4 nitrogen and oxygen atoms in total. The molecule has 2 aromatic carbocycles. The van der Waals surface area contributed by atoms with Gasteiger partial charge in [-0.2, -0.15) is 0 Å². The van der Waals surface area contributed by atoms with E-state index >= 15 is 0 Å². The zero-order valence-electron chi connectivity index (χ0n) is 16.1. The zero-order chi connectivity index (χ0) is 19.8. The van der Waals surface area contributed by atoms with Crippen molar-refractivity contribution in [2.75, 3.05) is 7.11 Å². The van der Waals surface area contributed by atoms with Crippen LogP contribution in [0, 0.1) is 0 Å². The van der Waals surface area contributed by atoms with E-state index in [1.54, 1.807) is 19.2 Å². The molecule has 1 fully saturated rings. The fraction of sp³-hybridized carbons (Fsp3) is 0.400. The molecule has 1 heterocycles. The lowest BCUT2D eigenvalue weighted by Crippen LogP contribution is -2.41. The monoisotopic (exact) mass is 408 g/mol. The number of hydrogen-bond acceptors (Lipinski definition) is 4. The number of methoxy groups -OCH3 is 1. The highest BCUT2D eigenvalue weighted by Gasteiger charge is 2.53. The van der Waals surface area contributed by atoms with Crippen molar-refractivity contribution in [3.8, 4) is 11.5 Å². The van der Waals surface area contributed by atoms with E-state index < -0.39 is 18.3 Å². The van der Waals surface area contributed by atoms with E-state index in [9.17, 15) is 0 Å². The highest BCUT2D eigenvalue weighted by molar-refractivity contribution is 6.67. The van der Waals surface area contributed by atoms with Gasteiger partial charge in [0, 0.05) is 15.5 Å². The summed E-state index contributed by atoms with van der Waals surface area (Å²) < 4.78 is 23.5. The van der Waals surface area contributed by atoms with Crippen molar-refractivity contribution in [2.45, 2.75) is 45.5 Å². The smallest absolute Gasteiger partial charge is 0.497 e. The van der Waals surface area contributed by atoms with Crippen LogP contribution in [0.15, 0.2) is 36.4 Å². The summed E-state index contributed by atoms with van der Waals surface area (Å²) in [5.74, 6) is 1.34. The van der Waals surface area contributed by atoms with Crippen molar-refractivity contribution < 1.29 is 18.8 Å². The Labute approximate surface area is 170 Å². The van der Waals surface area contributed by atoms with Gasteiger partial charge in [-0.3, -0.25) is 0 Å². The number of hydrogen-bond donors (Lipinski definition) is 0. The third kappa shape index (κ3) is 4.22. The molecule has 0 saturated carbocycles. The van der Waals surface area contributed by atoms with E-state index in [0.29, 0.717) is 27.9 Å². The van der Waals surface area contributed by atoms with Crippen molar-refractivity contribution in [2.24, 2.45) is 0 Å². The van der Waals surface area contributed by atoms with Gasteiger partial charge < -0.3 is 18.8 Å². The van der Waals surface area contributed by atoms with Crippen molar-refractivity contribution in [1.29, 1.82) is 0 Å². The molecule has 27 heavy (non-hydrogen) atoms. The summed E-state index contributed by atoms with van der Waals surface area (Å²) in [6.07, 6.45) is 0. The average Bonchev–Trinajstić information content (AvgIpc) is 2.80. The topological polar surface area (TPSA) is 36.9 Å². The third-order valence-electron chi connectivity index (χ3n) is 5.10. The van der Waals surface area contributed by atoms with Crippen LogP contribution in [0.5, 0.6) is 11.5 Å². The Hall–Kier alpha value is -1.40. The molecule has 0 bridgehead atoms. The van der Waals surface area contributed by atoms with E-state index in [1.165, 1.54) is 0 Å². The highest BCUT2D eigenvalue weighted by atomic mass is 35.5. The summed E-state index contributed by atoms with van der Waals surface area (Å²) in [6.45, 7) is 8.33. The first-order valence-electron chi connectivity index (χ1n) is 8.73. The predicted octanol–water partition coefficient (Wildman–Crippen LogP) is 4.88. The Morgan fingerprint density at radius 3 is 2.11 bits per heavy atom. The summed E-state index contributed by atoms with van der Waals surface area (Å²) in [6, 6.07) is 11.1. The molecular formula is C20H23BCl2O4. The Bertz CT molecular complexity index is 805. The molecular weight excluding hydrogens is 386 g/mol. The van der Waals surface area contributed by atoms with Crippen LogP contribution in [0.4, 0.5) is 0 Å². The minimum atomic E-state index is -0.634. The van der Waals surface area contributed by atoms with E-state index in [1.807, 2.05) is 52.0 Å². The van der Waals surface area contributed by atoms with E-state index in [2.05, 4.69) is 0 Å². The lowest BCUT2D eigenvalue weighted by Gasteiger charge is -2.32. The Kier molecular flexibility index (Phi) is 5.69. The standard InChI is InChI=1S/C20H23BCl2O4/c1-19(2)20(3,4)27-21(26-19)18-16(23)10-14(22)11-17(18)25-12-13-6-8-15(24-5)9-7-13/h6-11H,12H2,1-5H3. The van der Waals surface area contributed by atoms with Crippen molar-refractivity contribution in [3.63, 3.8) is 0 Å². The van der Waals surface area contributed by atoms with Crippen LogP contribution in [-0.2, 0) is 15.9 Å². The first-order chi connectivity index (χ1) is 12.6. The van der Waals surface area contributed by atoms with Gasteiger partial charge >= 0.3 is 7.12 Å². The van der Waals surface area contributed by atoms with Gasteiger partial charge in [-0.05, 0) is 57.5 Å². The molecule has 1 aliphatic rings. The fourth-order valence-corrected chi connectivity index (χ4v) is 3.32.